The van der Waals surface area contributed by atoms with Gasteiger partial charge in [-0.2, -0.15) is 0 Å². The molecule has 3 heterocycles. The van der Waals surface area contributed by atoms with E-state index in [9.17, 15) is 4.79 Å². The van der Waals surface area contributed by atoms with Crippen LogP contribution in [0.2, 0.25) is 0 Å². The molecule has 0 fully saturated rings. The minimum atomic E-state index is -0.525. The van der Waals surface area contributed by atoms with Gasteiger partial charge in [-0.1, -0.05) is 42.5 Å². The summed E-state index contributed by atoms with van der Waals surface area (Å²) in [6.07, 6.45) is 1.23. The van der Waals surface area contributed by atoms with Gasteiger partial charge in [0.05, 0.1) is 17.5 Å². The number of amidine groups is 1. The summed E-state index contributed by atoms with van der Waals surface area (Å²) >= 11 is 0. The molecular weight excluding hydrogens is 380 g/mol. The van der Waals surface area contributed by atoms with Gasteiger partial charge in [-0.15, -0.1) is 0 Å². The standard InChI is InChI=1S/C23H20N4O3/c1-13-18(15-8-5-9-16(21(24)28)19(15)30-13)22-26-17-10-11-29-20(17)23(27-22)25-12-14-6-3-2-4-7-14/h2-11,22,26H,12H2,1H3,(H2,24,28)(H,25,27). The number of carbonyl (C=O) groups is 1. The minimum absolute atomic E-state index is 0.355. The molecule has 150 valence electrons. The maximum absolute atomic E-state index is 11.8. The Labute approximate surface area is 172 Å². The van der Waals surface area contributed by atoms with E-state index in [-0.39, 0.29) is 0 Å². The number of amides is 1. The van der Waals surface area contributed by atoms with Crippen LogP contribution in [0.1, 0.15) is 39.2 Å². The van der Waals surface area contributed by atoms with Gasteiger partial charge < -0.3 is 25.2 Å². The number of rotatable bonds is 4. The van der Waals surface area contributed by atoms with Crippen LogP contribution in [0.5, 0.6) is 0 Å². The summed E-state index contributed by atoms with van der Waals surface area (Å²) in [6, 6.07) is 17.3. The van der Waals surface area contributed by atoms with Crippen LogP contribution in [0.15, 0.2) is 74.7 Å². The van der Waals surface area contributed by atoms with Crippen molar-refractivity contribution in [1.82, 2.24) is 5.32 Å². The van der Waals surface area contributed by atoms with Crippen LogP contribution in [-0.4, -0.2) is 11.7 Å². The average molecular weight is 400 g/mol. The fourth-order valence-corrected chi connectivity index (χ4v) is 3.81. The van der Waals surface area contributed by atoms with E-state index in [0.29, 0.717) is 35.0 Å². The number of benzene rings is 2. The number of aryl methyl sites for hydroxylation is 1. The summed E-state index contributed by atoms with van der Waals surface area (Å²) in [5.41, 5.74) is 9.19. The molecule has 1 amide bonds. The minimum Gasteiger partial charge on any atom is -0.460 e. The fourth-order valence-electron chi connectivity index (χ4n) is 3.81. The van der Waals surface area contributed by atoms with E-state index in [2.05, 4.69) is 10.6 Å². The van der Waals surface area contributed by atoms with Crippen LogP contribution < -0.4 is 16.4 Å². The molecule has 4 N–H and O–H groups in total. The summed E-state index contributed by atoms with van der Waals surface area (Å²) in [5, 5.41) is 7.58. The predicted octanol–water partition coefficient (Wildman–Crippen LogP) is 4.09. The van der Waals surface area contributed by atoms with Gasteiger partial charge in [0.25, 0.3) is 5.91 Å². The van der Waals surface area contributed by atoms with E-state index in [1.54, 1.807) is 18.4 Å². The van der Waals surface area contributed by atoms with Crippen LogP contribution in [0, 0.1) is 6.92 Å². The van der Waals surface area contributed by atoms with E-state index in [1.165, 1.54) is 0 Å². The first-order chi connectivity index (χ1) is 14.6. The number of aliphatic imine (C=N–C) groups is 1. The van der Waals surface area contributed by atoms with Crippen molar-refractivity contribution in [3.05, 3.63) is 89.1 Å². The molecular formula is C23H20N4O3. The lowest BCUT2D eigenvalue weighted by molar-refractivity contribution is 0.100. The maximum atomic E-state index is 11.8. The predicted molar refractivity (Wildman–Crippen MR) is 114 cm³/mol. The van der Waals surface area contributed by atoms with Gasteiger partial charge in [-0.3, -0.25) is 4.79 Å². The molecule has 5 rings (SSSR count). The van der Waals surface area contributed by atoms with Crippen molar-refractivity contribution in [2.75, 3.05) is 5.32 Å². The molecule has 0 saturated carbocycles. The smallest absolute Gasteiger partial charge is 0.252 e. The molecule has 1 atom stereocenters. The number of hydrogen-bond acceptors (Lipinski definition) is 6. The highest BCUT2D eigenvalue weighted by atomic mass is 16.3. The average Bonchev–Trinajstić information content (AvgIpc) is 3.35. The molecule has 4 aromatic rings. The van der Waals surface area contributed by atoms with Gasteiger partial charge in [0.15, 0.2) is 17.8 Å². The molecule has 1 aliphatic rings. The summed E-state index contributed by atoms with van der Waals surface area (Å²) in [5.74, 6) is 1.46. The number of carbonyl (C=O) groups excluding carboxylic acids is 1. The first kappa shape index (κ1) is 18.1. The molecule has 2 aromatic carbocycles. The van der Waals surface area contributed by atoms with Gasteiger partial charge in [-0.25, -0.2) is 4.99 Å². The molecule has 30 heavy (non-hydrogen) atoms. The lowest BCUT2D eigenvalue weighted by Gasteiger charge is -2.23. The number of nitrogens with one attached hydrogen (secondary N) is 2. The van der Waals surface area contributed by atoms with Crippen molar-refractivity contribution in [2.45, 2.75) is 19.6 Å². The highest BCUT2D eigenvalue weighted by Gasteiger charge is 2.29. The van der Waals surface area contributed by atoms with E-state index in [0.717, 1.165) is 22.2 Å². The highest BCUT2D eigenvalue weighted by Crippen LogP contribution is 2.37. The van der Waals surface area contributed by atoms with Gasteiger partial charge >= 0.3 is 0 Å². The largest absolute Gasteiger partial charge is 0.460 e. The topological polar surface area (TPSA) is 106 Å². The van der Waals surface area contributed by atoms with Crippen LogP contribution >= 0.6 is 0 Å². The molecule has 0 radical (unpaired) electrons. The molecule has 2 aromatic heterocycles. The molecule has 1 unspecified atom stereocenters. The van der Waals surface area contributed by atoms with Crippen molar-refractivity contribution < 1.29 is 13.6 Å². The Morgan fingerprint density at radius 2 is 2.00 bits per heavy atom. The second-order valence-electron chi connectivity index (χ2n) is 7.15. The van der Waals surface area contributed by atoms with Crippen LogP contribution in [0.3, 0.4) is 0 Å². The van der Waals surface area contributed by atoms with E-state index >= 15 is 0 Å². The van der Waals surface area contributed by atoms with Crippen molar-refractivity contribution >= 4 is 28.4 Å². The van der Waals surface area contributed by atoms with Crippen LogP contribution in [0.25, 0.3) is 11.0 Å². The molecule has 1 aliphatic heterocycles. The Kier molecular flexibility index (Phi) is 4.28. The fraction of sp³-hybridized carbons (Fsp3) is 0.130. The van der Waals surface area contributed by atoms with E-state index in [1.807, 2.05) is 49.4 Å². The molecule has 7 heteroatoms. The zero-order valence-corrected chi connectivity index (χ0v) is 16.3. The SMILES string of the molecule is Cc1oc2c(C(N)=O)cccc2c1C1N=C(NCc2ccccc2)c2occc2N1. The number of hydrogen-bond donors (Lipinski definition) is 3. The molecule has 0 bridgehead atoms. The Morgan fingerprint density at radius 3 is 2.80 bits per heavy atom. The number of nitrogens with zero attached hydrogens (tertiary/aromatic N) is 1. The normalized spacial score (nSPS) is 15.4. The zero-order chi connectivity index (χ0) is 20.7. The maximum Gasteiger partial charge on any atom is 0.252 e. The van der Waals surface area contributed by atoms with Crippen molar-refractivity contribution in [3.8, 4) is 0 Å². The first-order valence-corrected chi connectivity index (χ1v) is 9.63. The summed E-state index contributed by atoms with van der Waals surface area (Å²) in [6.45, 7) is 2.47. The third-order valence-electron chi connectivity index (χ3n) is 5.21. The quantitative estimate of drug-likeness (QED) is 0.478. The Hall–Kier alpha value is -4.00. The first-order valence-electron chi connectivity index (χ1n) is 9.63. The van der Waals surface area contributed by atoms with Crippen molar-refractivity contribution in [3.63, 3.8) is 0 Å². The van der Waals surface area contributed by atoms with Crippen molar-refractivity contribution in [1.29, 1.82) is 0 Å². The zero-order valence-electron chi connectivity index (χ0n) is 16.3. The molecule has 0 saturated heterocycles. The second kappa shape index (κ2) is 7.11. The highest BCUT2D eigenvalue weighted by molar-refractivity contribution is 6.06. The Balaban J connectivity index is 1.55. The lowest BCUT2D eigenvalue weighted by Crippen LogP contribution is -2.29. The number of furan rings is 2. The number of anilines is 1. The van der Waals surface area contributed by atoms with E-state index in [4.69, 9.17) is 19.6 Å². The van der Waals surface area contributed by atoms with E-state index < -0.39 is 12.1 Å². The number of para-hydroxylation sites is 1. The summed E-state index contributed by atoms with van der Waals surface area (Å²) in [7, 11) is 0. The molecule has 7 nitrogen and oxygen atoms in total. The number of primary amides is 1. The second-order valence-corrected chi connectivity index (χ2v) is 7.15. The van der Waals surface area contributed by atoms with Crippen LogP contribution in [-0.2, 0) is 6.54 Å². The molecule has 0 spiro atoms. The summed E-state index contributed by atoms with van der Waals surface area (Å²) in [4.78, 5) is 16.7. The van der Waals surface area contributed by atoms with Crippen molar-refractivity contribution in [2.24, 2.45) is 10.7 Å². The van der Waals surface area contributed by atoms with Gasteiger partial charge in [0.2, 0.25) is 0 Å². The lowest BCUT2D eigenvalue weighted by atomic mass is 10.0. The third kappa shape index (κ3) is 3.00. The Morgan fingerprint density at radius 1 is 1.17 bits per heavy atom. The van der Waals surface area contributed by atoms with Gasteiger partial charge in [0.1, 0.15) is 11.3 Å². The summed E-state index contributed by atoms with van der Waals surface area (Å²) < 4.78 is 11.6. The monoisotopic (exact) mass is 400 g/mol. The Bertz CT molecular complexity index is 1270. The van der Waals surface area contributed by atoms with Gasteiger partial charge in [-0.05, 0) is 18.6 Å². The van der Waals surface area contributed by atoms with Gasteiger partial charge in [0, 0.05) is 23.6 Å². The van der Waals surface area contributed by atoms with Crippen LogP contribution in [0.4, 0.5) is 5.69 Å². The number of fused-ring (bicyclic) bond motifs is 2. The molecule has 0 aliphatic carbocycles. The number of nitrogens with two attached hydrogens (primary N) is 1. The third-order valence-corrected chi connectivity index (χ3v) is 5.21.